The standard InChI is InChI=1S/C23H40N4O4/c1-12-30-19(28)16(13-26(10)11)18-17(14-27(25-18)21(2,3)4)23(8,9)15-24-20(29)31-22(5,6)7/h13-14H,12,15H2,1-11H3,(H,24,29)/b16-13+. The van der Waals surface area contributed by atoms with Gasteiger partial charge in [0.1, 0.15) is 16.9 Å². The van der Waals surface area contributed by atoms with Crippen LogP contribution in [0.1, 0.15) is 73.6 Å². The fraction of sp³-hybridized carbons (Fsp3) is 0.696. The van der Waals surface area contributed by atoms with Crippen LogP contribution in [-0.2, 0) is 25.2 Å². The molecule has 31 heavy (non-hydrogen) atoms. The zero-order chi connectivity index (χ0) is 24.2. The number of nitrogens with one attached hydrogen (secondary N) is 1. The molecule has 0 unspecified atom stereocenters. The highest BCUT2D eigenvalue weighted by atomic mass is 16.6. The van der Waals surface area contributed by atoms with Gasteiger partial charge in [0.25, 0.3) is 0 Å². The van der Waals surface area contributed by atoms with E-state index in [1.165, 1.54) is 0 Å². The third-order valence-corrected chi connectivity index (χ3v) is 4.34. The van der Waals surface area contributed by atoms with Gasteiger partial charge in [-0.2, -0.15) is 5.10 Å². The van der Waals surface area contributed by atoms with E-state index in [1.807, 2.05) is 80.4 Å². The summed E-state index contributed by atoms with van der Waals surface area (Å²) in [5.41, 5.74) is 0.336. The lowest BCUT2D eigenvalue weighted by Gasteiger charge is -2.27. The lowest BCUT2D eigenvalue weighted by atomic mass is 9.83. The number of aromatic nitrogens is 2. The van der Waals surface area contributed by atoms with Crippen molar-refractivity contribution in [1.29, 1.82) is 0 Å². The fourth-order valence-electron chi connectivity index (χ4n) is 2.79. The molecule has 0 radical (unpaired) electrons. The number of carbonyl (C=O) groups excluding carboxylic acids is 2. The van der Waals surface area contributed by atoms with Gasteiger partial charge in [-0.1, -0.05) is 13.8 Å². The second-order valence-electron chi connectivity index (χ2n) is 10.5. The Morgan fingerprint density at radius 3 is 2.16 bits per heavy atom. The van der Waals surface area contributed by atoms with E-state index in [2.05, 4.69) is 5.32 Å². The number of alkyl carbamates (subject to hydrolysis) is 1. The smallest absolute Gasteiger partial charge is 0.407 e. The molecule has 1 N–H and O–H groups in total. The van der Waals surface area contributed by atoms with Gasteiger partial charge in [0.2, 0.25) is 0 Å². The Labute approximate surface area is 187 Å². The first-order valence-corrected chi connectivity index (χ1v) is 10.6. The number of esters is 1. The van der Waals surface area contributed by atoms with Crippen molar-refractivity contribution in [2.24, 2.45) is 0 Å². The van der Waals surface area contributed by atoms with Gasteiger partial charge in [0, 0.05) is 44.0 Å². The van der Waals surface area contributed by atoms with Crippen LogP contribution in [0.25, 0.3) is 5.57 Å². The maximum Gasteiger partial charge on any atom is 0.407 e. The van der Waals surface area contributed by atoms with Crippen LogP contribution in [0.2, 0.25) is 0 Å². The van der Waals surface area contributed by atoms with E-state index in [1.54, 1.807) is 18.0 Å². The Kier molecular flexibility index (Phi) is 8.34. The molecule has 0 aliphatic carbocycles. The lowest BCUT2D eigenvalue weighted by Crippen LogP contribution is -2.40. The molecule has 0 spiro atoms. The molecule has 0 saturated carbocycles. The summed E-state index contributed by atoms with van der Waals surface area (Å²) >= 11 is 0. The van der Waals surface area contributed by atoms with Crippen LogP contribution in [-0.4, -0.2) is 59.6 Å². The summed E-state index contributed by atoms with van der Waals surface area (Å²) in [6.07, 6.45) is 3.17. The Morgan fingerprint density at radius 2 is 1.71 bits per heavy atom. The van der Waals surface area contributed by atoms with Crippen LogP contribution in [0.3, 0.4) is 0 Å². The predicted octanol–water partition coefficient (Wildman–Crippen LogP) is 3.91. The van der Waals surface area contributed by atoms with E-state index in [0.29, 0.717) is 17.8 Å². The number of rotatable bonds is 7. The van der Waals surface area contributed by atoms with Crippen LogP contribution in [0.4, 0.5) is 4.79 Å². The Balaban J connectivity index is 3.45. The minimum atomic E-state index is -0.581. The van der Waals surface area contributed by atoms with Gasteiger partial charge in [-0.05, 0) is 48.5 Å². The zero-order valence-electron chi connectivity index (χ0n) is 21.0. The quantitative estimate of drug-likeness (QED) is 0.515. The lowest BCUT2D eigenvalue weighted by molar-refractivity contribution is -0.136. The Bertz CT molecular complexity index is 809. The highest BCUT2D eigenvalue weighted by molar-refractivity contribution is 6.16. The molecule has 0 fully saturated rings. The van der Waals surface area contributed by atoms with E-state index < -0.39 is 23.1 Å². The van der Waals surface area contributed by atoms with E-state index >= 15 is 0 Å². The average Bonchev–Trinajstić information content (AvgIpc) is 3.03. The van der Waals surface area contributed by atoms with Gasteiger partial charge < -0.3 is 19.7 Å². The van der Waals surface area contributed by atoms with Gasteiger partial charge in [0.05, 0.1) is 12.1 Å². The first-order chi connectivity index (χ1) is 14.0. The van der Waals surface area contributed by atoms with Gasteiger partial charge in [-0.15, -0.1) is 0 Å². The number of amides is 1. The molecular weight excluding hydrogens is 396 g/mol. The van der Waals surface area contributed by atoms with Crippen molar-refractivity contribution >= 4 is 17.6 Å². The first-order valence-electron chi connectivity index (χ1n) is 10.6. The summed E-state index contributed by atoms with van der Waals surface area (Å²) < 4.78 is 12.5. The van der Waals surface area contributed by atoms with Crippen molar-refractivity contribution in [3.05, 3.63) is 23.7 Å². The summed E-state index contributed by atoms with van der Waals surface area (Å²) in [6, 6.07) is 0. The summed E-state index contributed by atoms with van der Waals surface area (Å²) in [4.78, 5) is 26.8. The fourth-order valence-corrected chi connectivity index (χ4v) is 2.79. The molecule has 0 atom stereocenters. The van der Waals surface area contributed by atoms with Crippen LogP contribution < -0.4 is 5.32 Å². The molecule has 1 rings (SSSR count). The van der Waals surface area contributed by atoms with Crippen LogP contribution >= 0.6 is 0 Å². The molecule has 1 aromatic rings. The number of hydrogen-bond donors (Lipinski definition) is 1. The minimum absolute atomic E-state index is 0.266. The second kappa shape index (κ2) is 9.75. The molecule has 0 saturated heterocycles. The number of nitrogens with zero attached hydrogens (tertiary/aromatic N) is 3. The largest absolute Gasteiger partial charge is 0.462 e. The van der Waals surface area contributed by atoms with Gasteiger partial charge >= 0.3 is 12.1 Å². The third-order valence-electron chi connectivity index (χ3n) is 4.34. The third kappa shape index (κ3) is 7.92. The molecular formula is C23H40N4O4. The maximum atomic E-state index is 12.8. The van der Waals surface area contributed by atoms with Crippen LogP contribution in [0, 0.1) is 0 Å². The highest BCUT2D eigenvalue weighted by Gasteiger charge is 2.33. The van der Waals surface area contributed by atoms with Crippen molar-refractivity contribution in [2.75, 3.05) is 27.2 Å². The molecule has 1 aromatic heterocycles. The number of hydrogen-bond acceptors (Lipinski definition) is 6. The normalized spacial score (nSPS) is 13.1. The summed E-state index contributed by atoms with van der Waals surface area (Å²) in [6.45, 7) is 17.9. The highest BCUT2D eigenvalue weighted by Crippen LogP contribution is 2.32. The molecule has 0 aliphatic heterocycles. The van der Waals surface area contributed by atoms with Gasteiger partial charge in [0.15, 0.2) is 0 Å². The molecule has 8 heteroatoms. The molecule has 8 nitrogen and oxygen atoms in total. The van der Waals surface area contributed by atoms with Crippen molar-refractivity contribution in [3.63, 3.8) is 0 Å². The number of ether oxygens (including phenoxy) is 2. The van der Waals surface area contributed by atoms with Gasteiger partial charge in [-0.3, -0.25) is 4.68 Å². The second-order valence-corrected chi connectivity index (χ2v) is 10.5. The summed E-state index contributed by atoms with van der Waals surface area (Å²) in [5, 5.41) is 7.61. The Hall–Kier alpha value is -2.51. The maximum absolute atomic E-state index is 12.8. The molecule has 0 bridgehead atoms. The van der Waals surface area contributed by atoms with Gasteiger partial charge in [-0.25, -0.2) is 9.59 Å². The molecule has 1 amide bonds. The van der Waals surface area contributed by atoms with Crippen LogP contribution in [0.5, 0.6) is 0 Å². The molecule has 0 aliphatic rings. The van der Waals surface area contributed by atoms with Crippen molar-refractivity contribution in [1.82, 2.24) is 20.0 Å². The van der Waals surface area contributed by atoms with E-state index in [-0.39, 0.29) is 12.1 Å². The van der Waals surface area contributed by atoms with E-state index in [0.717, 1.165) is 5.56 Å². The minimum Gasteiger partial charge on any atom is -0.462 e. The van der Waals surface area contributed by atoms with E-state index in [9.17, 15) is 9.59 Å². The summed E-state index contributed by atoms with van der Waals surface area (Å²) in [5.74, 6) is -0.437. The summed E-state index contributed by atoms with van der Waals surface area (Å²) in [7, 11) is 3.68. The van der Waals surface area contributed by atoms with Crippen LogP contribution in [0.15, 0.2) is 12.4 Å². The predicted molar refractivity (Wildman–Crippen MR) is 123 cm³/mol. The van der Waals surface area contributed by atoms with E-state index in [4.69, 9.17) is 14.6 Å². The Morgan fingerprint density at radius 1 is 1.13 bits per heavy atom. The molecule has 176 valence electrons. The molecule has 0 aromatic carbocycles. The van der Waals surface area contributed by atoms with Crippen molar-refractivity contribution in [2.45, 2.75) is 78.9 Å². The van der Waals surface area contributed by atoms with Crippen molar-refractivity contribution < 1.29 is 19.1 Å². The average molecular weight is 437 g/mol. The molecule has 1 heterocycles. The van der Waals surface area contributed by atoms with Crippen molar-refractivity contribution in [3.8, 4) is 0 Å². The SMILES string of the molecule is CCOC(=O)/C(=C/N(C)C)c1nn(C(C)(C)C)cc1C(C)(C)CNC(=O)OC(C)(C)C. The topological polar surface area (TPSA) is 85.7 Å². The number of carbonyl (C=O) groups is 2. The monoisotopic (exact) mass is 436 g/mol. The first kappa shape index (κ1) is 26.5. The zero-order valence-corrected chi connectivity index (χ0v) is 21.0.